The molecule has 10 heteroatoms. The SMILES string of the molecule is Cc1c(C(F)(F)F)n[nH]c1-c1ncc([N+](=O)[O-])s1. The first-order valence-electron chi connectivity index (χ1n) is 4.53. The Hall–Kier alpha value is -1.97. The van der Waals surface area contributed by atoms with Crippen molar-refractivity contribution in [1.82, 2.24) is 15.2 Å². The highest BCUT2D eigenvalue weighted by Crippen LogP contribution is 2.36. The third-order valence-corrected chi connectivity index (χ3v) is 3.13. The van der Waals surface area contributed by atoms with Crippen molar-refractivity contribution in [3.05, 3.63) is 27.6 Å². The Morgan fingerprint density at radius 3 is 2.61 bits per heavy atom. The smallest absolute Gasteiger partial charge is 0.275 e. The van der Waals surface area contributed by atoms with E-state index < -0.39 is 16.8 Å². The number of H-pyrrole nitrogens is 1. The van der Waals surface area contributed by atoms with Gasteiger partial charge in [-0.2, -0.15) is 18.3 Å². The van der Waals surface area contributed by atoms with Crippen molar-refractivity contribution in [2.75, 3.05) is 0 Å². The third-order valence-electron chi connectivity index (χ3n) is 2.17. The molecule has 2 rings (SSSR count). The maximum atomic E-state index is 12.5. The van der Waals surface area contributed by atoms with Crippen LogP contribution in [0.3, 0.4) is 0 Å². The molecule has 0 aliphatic carbocycles. The zero-order valence-corrected chi connectivity index (χ0v) is 9.59. The molecule has 0 bridgehead atoms. The fraction of sp³-hybridized carbons (Fsp3) is 0.250. The van der Waals surface area contributed by atoms with E-state index in [1.54, 1.807) is 0 Å². The highest BCUT2D eigenvalue weighted by atomic mass is 32.1. The van der Waals surface area contributed by atoms with Gasteiger partial charge in [-0.05, 0) is 18.3 Å². The van der Waals surface area contributed by atoms with E-state index in [1.807, 2.05) is 0 Å². The molecular formula is C8H5F3N4O2S. The van der Waals surface area contributed by atoms with Gasteiger partial charge in [-0.25, -0.2) is 4.98 Å². The largest absolute Gasteiger partial charge is 0.435 e. The molecule has 0 spiro atoms. The van der Waals surface area contributed by atoms with E-state index in [9.17, 15) is 23.3 Å². The second kappa shape index (κ2) is 4.05. The van der Waals surface area contributed by atoms with Crippen LogP contribution < -0.4 is 0 Å². The van der Waals surface area contributed by atoms with Gasteiger partial charge >= 0.3 is 11.2 Å². The summed E-state index contributed by atoms with van der Waals surface area (Å²) in [6.07, 6.45) is -3.57. The lowest BCUT2D eigenvalue weighted by Crippen LogP contribution is -2.07. The Morgan fingerprint density at radius 2 is 2.17 bits per heavy atom. The minimum absolute atomic E-state index is 0.0421. The molecule has 2 aromatic rings. The van der Waals surface area contributed by atoms with Gasteiger partial charge in [0.1, 0.15) is 11.2 Å². The van der Waals surface area contributed by atoms with Crippen LogP contribution in [-0.4, -0.2) is 20.1 Å². The summed E-state index contributed by atoms with van der Waals surface area (Å²) in [5, 5.41) is 15.7. The first-order chi connectivity index (χ1) is 8.30. The standard InChI is InChI=1S/C8H5F3N4O2S/c1-3-5(13-14-6(3)8(9,10)11)7-12-2-4(18-7)15(16)17/h2H,1H3,(H,13,14). The number of aromatic amines is 1. The van der Waals surface area contributed by atoms with Crippen LogP contribution in [0.4, 0.5) is 18.2 Å². The van der Waals surface area contributed by atoms with E-state index in [2.05, 4.69) is 15.2 Å². The van der Waals surface area contributed by atoms with Crippen LogP contribution in [0.5, 0.6) is 0 Å². The van der Waals surface area contributed by atoms with Gasteiger partial charge < -0.3 is 0 Å². The van der Waals surface area contributed by atoms with Crippen molar-refractivity contribution in [2.24, 2.45) is 0 Å². The molecule has 0 aliphatic heterocycles. The summed E-state index contributed by atoms with van der Waals surface area (Å²) in [6, 6.07) is 0. The molecule has 0 amide bonds. The van der Waals surface area contributed by atoms with Gasteiger partial charge in [-0.3, -0.25) is 15.2 Å². The number of halogens is 3. The van der Waals surface area contributed by atoms with E-state index in [1.165, 1.54) is 6.92 Å². The zero-order valence-electron chi connectivity index (χ0n) is 8.78. The van der Waals surface area contributed by atoms with E-state index in [4.69, 9.17) is 0 Å². The van der Waals surface area contributed by atoms with Crippen molar-refractivity contribution in [3.8, 4) is 10.7 Å². The summed E-state index contributed by atoms with van der Waals surface area (Å²) in [6.45, 7) is 1.23. The Labute approximate surface area is 102 Å². The number of aromatic nitrogens is 3. The molecule has 6 nitrogen and oxygen atoms in total. The molecule has 18 heavy (non-hydrogen) atoms. The lowest BCUT2D eigenvalue weighted by molar-refractivity contribution is -0.380. The number of hydrogen-bond acceptors (Lipinski definition) is 5. The molecule has 0 aliphatic rings. The summed E-state index contributed by atoms with van der Waals surface area (Å²) in [5.41, 5.74) is -1.14. The Balaban J connectivity index is 2.46. The van der Waals surface area contributed by atoms with Crippen LogP contribution in [-0.2, 0) is 6.18 Å². The maximum Gasteiger partial charge on any atom is 0.435 e. The van der Waals surface area contributed by atoms with Crippen LogP contribution >= 0.6 is 11.3 Å². The third kappa shape index (κ3) is 2.06. The molecule has 1 N–H and O–H groups in total. The van der Waals surface area contributed by atoms with Gasteiger partial charge in [0.05, 0.1) is 10.6 Å². The summed E-state index contributed by atoms with van der Waals surface area (Å²) < 4.78 is 37.5. The van der Waals surface area contributed by atoms with Crippen LogP contribution in [0.15, 0.2) is 6.20 Å². The molecule has 96 valence electrons. The molecule has 0 aromatic carbocycles. The van der Waals surface area contributed by atoms with Gasteiger partial charge in [-0.15, -0.1) is 0 Å². The van der Waals surface area contributed by atoms with Crippen molar-refractivity contribution >= 4 is 16.3 Å². The number of nitro groups is 1. The van der Waals surface area contributed by atoms with Crippen molar-refractivity contribution < 1.29 is 18.1 Å². The van der Waals surface area contributed by atoms with E-state index in [-0.39, 0.29) is 21.3 Å². The first kappa shape index (κ1) is 12.5. The Morgan fingerprint density at radius 1 is 1.50 bits per heavy atom. The molecular weight excluding hydrogens is 273 g/mol. The number of nitrogens with one attached hydrogen (secondary N) is 1. The lowest BCUT2D eigenvalue weighted by atomic mass is 10.2. The highest BCUT2D eigenvalue weighted by Gasteiger charge is 2.37. The van der Waals surface area contributed by atoms with Gasteiger partial charge in [0.15, 0.2) is 5.69 Å². The van der Waals surface area contributed by atoms with Crippen LogP contribution in [0.25, 0.3) is 10.7 Å². The van der Waals surface area contributed by atoms with Gasteiger partial charge in [-0.1, -0.05) is 0 Å². The summed E-state index contributed by atoms with van der Waals surface area (Å²) in [7, 11) is 0. The van der Waals surface area contributed by atoms with Gasteiger partial charge in [0, 0.05) is 5.56 Å². The Bertz CT molecular complexity index is 604. The number of nitrogens with zero attached hydrogens (tertiary/aromatic N) is 3. The van der Waals surface area contributed by atoms with Crippen molar-refractivity contribution in [2.45, 2.75) is 13.1 Å². The maximum absolute atomic E-state index is 12.5. The number of thiazole rings is 1. The van der Waals surface area contributed by atoms with E-state index in [0.717, 1.165) is 6.20 Å². The monoisotopic (exact) mass is 278 g/mol. The summed E-state index contributed by atoms with van der Waals surface area (Å²) >= 11 is 0.683. The van der Waals surface area contributed by atoms with E-state index >= 15 is 0 Å². The number of rotatable bonds is 2. The second-order valence-corrected chi connectivity index (χ2v) is 4.34. The topological polar surface area (TPSA) is 84.7 Å². The molecule has 0 atom stereocenters. The summed E-state index contributed by atoms with van der Waals surface area (Å²) in [5.74, 6) is 0. The highest BCUT2D eigenvalue weighted by molar-refractivity contribution is 7.18. The molecule has 0 radical (unpaired) electrons. The molecule has 2 heterocycles. The molecule has 0 fully saturated rings. The predicted molar refractivity (Wildman–Crippen MR) is 56.1 cm³/mol. The first-order valence-corrected chi connectivity index (χ1v) is 5.35. The number of hydrogen-bond donors (Lipinski definition) is 1. The predicted octanol–water partition coefficient (Wildman–Crippen LogP) is 2.77. The van der Waals surface area contributed by atoms with Gasteiger partial charge in [0.25, 0.3) is 0 Å². The fourth-order valence-electron chi connectivity index (χ4n) is 1.35. The van der Waals surface area contributed by atoms with Gasteiger partial charge in [0.2, 0.25) is 0 Å². The van der Waals surface area contributed by atoms with Crippen LogP contribution in [0.2, 0.25) is 0 Å². The van der Waals surface area contributed by atoms with E-state index in [0.29, 0.717) is 11.3 Å². The second-order valence-electron chi connectivity index (χ2n) is 3.33. The molecule has 2 aromatic heterocycles. The van der Waals surface area contributed by atoms with Crippen molar-refractivity contribution in [3.63, 3.8) is 0 Å². The number of alkyl halides is 3. The minimum Gasteiger partial charge on any atom is -0.275 e. The molecule has 0 saturated carbocycles. The summed E-state index contributed by atoms with van der Waals surface area (Å²) in [4.78, 5) is 13.5. The minimum atomic E-state index is -4.57. The quantitative estimate of drug-likeness (QED) is 0.676. The average Bonchev–Trinajstić information content (AvgIpc) is 2.81. The normalized spacial score (nSPS) is 11.8. The average molecular weight is 278 g/mol. The van der Waals surface area contributed by atoms with Crippen LogP contribution in [0.1, 0.15) is 11.3 Å². The van der Waals surface area contributed by atoms with Crippen molar-refractivity contribution in [1.29, 1.82) is 0 Å². The lowest BCUT2D eigenvalue weighted by Gasteiger charge is -2.02. The molecule has 0 unspecified atom stereocenters. The zero-order chi connectivity index (χ0) is 13.5. The fourth-order valence-corrected chi connectivity index (χ4v) is 2.13. The molecule has 0 saturated heterocycles. The Kier molecular flexibility index (Phi) is 2.81. The van der Waals surface area contributed by atoms with Crippen LogP contribution in [0, 0.1) is 17.0 Å².